The van der Waals surface area contributed by atoms with Crippen LogP contribution in [-0.2, 0) is 0 Å². The molecule has 0 saturated carbocycles. The van der Waals surface area contributed by atoms with Crippen LogP contribution in [0.2, 0.25) is 5.02 Å². The third-order valence-corrected chi connectivity index (χ3v) is 4.08. The number of benzene rings is 2. The zero-order valence-corrected chi connectivity index (χ0v) is 13.7. The van der Waals surface area contributed by atoms with E-state index in [0.717, 1.165) is 5.56 Å². The average Bonchev–Trinajstić information content (AvgIpc) is 2.98. The van der Waals surface area contributed by atoms with Crippen LogP contribution in [0.5, 0.6) is 0 Å². The van der Waals surface area contributed by atoms with E-state index in [1.165, 1.54) is 24.0 Å². The Bertz CT molecular complexity index is 828. The van der Waals surface area contributed by atoms with E-state index in [2.05, 4.69) is 15.3 Å². The molecule has 0 unspecified atom stereocenters. The van der Waals surface area contributed by atoms with Crippen molar-refractivity contribution in [1.29, 1.82) is 0 Å². The van der Waals surface area contributed by atoms with E-state index in [1.54, 1.807) is 16.8 Å². The first-order chi connectivity index (χ1) is 11.2. The molecule has 0 fully saturated rings. The lowest BCUT2D eigenvalue weighted by atomic mass is 10.2. The standard InChI is InChI=1S/C16H12ClFN4S/c1-23-16-21-20-15(11-6-3-2-4-7-11)22(16)19-10-12-13(17)8-5-9-14(12)18/h2-10H,1H3/b19-10+. The van der Waals surface area contributed by atoms with Crippen molar-refractivity contribution in [3.8, 4) is 11.4 Å². The van der Waals surface area contributed by atoms with Crippen LogP contribution < -0.4 is 0 Å². The molecule has 0 atom stereocenters. The Morgan fingerprint density at radius 1 is 1.13 bits per heavy atom. The van der Waals surface area contributed by atoms with Gasteiger partial charge in [-0.15, -0.1) is 10.2 Å². The van der Waals surface area contributed by atoms with Crippen molar-refractivity contribution in [1.82, 2.24) is 14.9 Å². The summed E-state index contributed by atoms with van der Waals surface area (Å²) in [7, 11) is 0. The first kappa shape index (κ1) is 15.7. The van der Waals surface area contributed by atoms with Crippen molar-refractivity contribution in [3.05, 3.63) is 64.9 Å². The summed E-state index contributed by atoms with van der Waals surface area (Å²) in [6, 6.07) is 14.1. The van der Waals surface area contributed by atoms with Gasteiger partial charge in [-0.3, -0.25) is 0 Å². The minimum atomic E-state index is -0.429. The van der Waals surface area contributed by atoms with Crippen molar-refractivity contribution < 1.29 is 4.39 Å². The second-order valence-electron chi connectivity index (χ2n) is 4.57. The third kappa shape index (κ3) is 3.28. The third-order valence-electron chi connectivity index (χ3n) is 3.13. The van der Waals surface area contributed by atoms with E-state index in [9.17, 15) is 4.39 Å². The van der Waals surface area contributed by atoms with Crippen LogP contribution in [-0.4, -0.2) is 27.3 Å². The van der Waals surface area contributed by atoms with Crippen molar-refractivity contribution in [2.75, 3.05) is 6.26 Å². The van der Waals surface area contributed by atoms with Crippen LogP contribution in [0.4, 0.5) is 4.39 Å². The van der Waals surface area contributed by atoms with Crippen molar-refractivity contribution in [2.24, 2.45) is 5.10 Å². The Balaban J connectivity index is 2.06. The SMILES string of the molecule is CSc1nnc(-c2ccccc2)n1/N=C/c1c(F)cccc1Cl. The molecule has 116 valence electrons. The Morgan fingerprint density at radius 3 is 2.61 bits per heavy atom. The van der Waals surface area contributed by atoms with E-state index in [-0.39, 0.29) is 5.56 Å². The van der Waals surface area contributed by atoms with Crippen LogP contribution in [0.3, 0.4) is 0 Å². The van der Waals surface area contributed by atoms with Crippen LogP contribution in [0.1, 0.15) is 5.56 Å². The molecule has 0 spiro atoms. The second kappa shape index (κ2) is 6.93. The van der Waals surface area contributed by atoms with E-state index in [1.807, 2.05) is 36.6 Å². The lowest BCUT2D eigenvalue weighted by Gasteiger charge is -2.04. The van der Waals surface area contributed by atoms with Crippen LogP contribution >= 0.6 is 23.4 Å². The maximum Gasteiger partial charge on any atom is 0.212 e. The zero-order valence-electron chi connectivity index (χ0n) is 12.1. The smallest absolute Gasteiger partial charge is 0.206 e. The maximum absolute atomic E-state index is 13.9. The highest BCUT2D eigenvalue weighted by Gasteiger charge is 2.13. The number of hydrogen-bond donors (Lipinski definition) is 0. The van der Waals surface area contributed by atoms with E-state index in [0.29, 0.717) is 16.0 Å². The molecule has 23 heavy (non-hydrogen) atoms. The van der Waals surface area contributed by atoms with Gasteiger partial charge < -0.3 is 0 Å². The summed E-state index contributed by atoms with van der Waals surface area (Å²) in [6.45, 7) is 0. The summed E-state index contributed by atoms with van der Waals surface area (Å²) in [6.07, 6.45) is 3.26. The van der Waals surface area contributed by atoms with E-state index < -0.39 is 5.82 Å². The summed E-state index contributed by atoms with van der Waals surface area (Å²) in [4.78, 5) is 0. The Morgan fingerprint density at radius 2 is 1.91 bits per heavy atom. The summed E-state index contributed by atoms with van der Waals surface area (Å²) >= 11 is 7.43. The van der Waals surface area contributed by atoms with E-state index >= 15 is 0 Å². The molecule has 0 bridgehead atoms. The minimum absolute atomic E-state index is 0.230. The number of thioether (sulfide) groups is 1. The topological polar surface area (TPSA) is 43.1 Å². The van der Waals surface area contributed by atoms with Crippen molar-refractivity contribution in [3.63, 3.8) is 0 Å². The van der Waals surface area contributed by atoms with Crippen LogP contribution in [0, 0.1) is 5.82 Å². The fraction of sp³-hybridized carbons (Fsp3) is 0.0625. The quantitative estimate of drug-likeness (QED) is 0.521. The van der Waals surface area contributed by atoms with Crippen molar-refractivity contribution in [2.45, 2.75) is 5.16 Å². The largest absolute Gasteiger partial charge is 0.212 e. The first-order valence-corrected chi connectivity index (χ1v) is 8.34. The van der Waals surface area contributed by atoms with Gasteiger partial charge in [0.05, 0.1) is 11.2 Å². The number of hydrogen-bond acceptors (Lipinski definition) is 4. The predicted octanol–water partition coefficient (Wildman–Crippen LogP) is 4.34. The predicted molar refractivity (Wildman–Crippen MR) is 91.6 cm³/mol. The summed E-state index contributed by atoms with van der Waals surface area (Å²) < 4.78 is 15.4. The Hall–Kier alpha value is -2.18. The zero-order chi connectivity index (χ0) is 16.2. The Kier molecular flexibility index (Phi) is 4.73. The molecular formula is C16H12ClFN4S. The normalized spacial score (nSPS) is 11.3. The molecule has 3 rings (SSSR count). The van der Waals surface area contributed by atoms with Gasteiger partial charge in [-0.25, -0.2) is 4.39 Å². The highest BCUT2D eigenvalue weighted by molar-refractivity contribution is 7.98. The highest BCUT2D eigenvalue weighted by atomic mass is 35.5. The number of rotatable bonds is 4. The molecule has 0 amide bonds. The van der Waals surface area contributed by atoms with Crippen molar-refractivity contribution >= 4 is 29.6 Å². The van der Waals surface area contributed by atoms with Gasteiger partial charge in [-0.2, -0.15) is 9.78 Å². The molecule has 0 radical (unpaired) electrons. The molecule has 1 heterocycles. The van der Waals surface area contributed by atoms with Crippen LogP contribution in [0.25, 0.3) is 11.4 Å². The van der Waals surface area contributed by atoms with Crippen LogP contribution in [0.15, 0.2) is 58.8 Å². The van der Waals surface area contributed by atoms with Gasteiger partial charge in [0, 0.05) is 11.1 Å². The van der Waals surface area contributed by atoms with E-state index in [4.69, 9.17) is 11.6 Å². The molecule has 3 aromatic rings. The van der Waals surface area contributed by atoms with Gasteiger partial charge in [0.25, 0.3) is 0 Å². The second-order valence-corrected chi connectivity index (χ2v) is 5.75. The number of halogens is 2. The molecule has 1 aromatic heterocycles. The monoisotopic (exact) mass is 346 g/mol. The summed E-state index contributed by atoms with van der Waals surface area (Å²) in [5.41, 5.74) is 1.10. The minimum Gasteiger partial charge on any atom is -0.206 e. The molecular weight excluding hydrogens is 335 g/mol. The molecule has 2 aromatic carbocycles. The first-order valence-electron chi connectivity index (χ1n) is 6.74. The fourth-order valence-electron chi connectivity index (χ4n) is 2.01. The molecule has 7 heteroatoms. The summed E-state index contributed by atoms with van der Waals surface area (Å²) in [5, 5.41) is 13.5. The lowest BCUT2D eigenvalue weighted by Crippen LogP contribution is -1.98. The molecule has 0 N–H and O–H groups in total. The molecule has 0 aliphatic rings. The number of nitrogens with zero attached hydrogens (tertiary/aromatic N) is 4. The van der Waals surface area contributed by atoms with Gasteiger partial charge in [0.15, 0.2) is 5.82 Å². The van der Waals surface area contributed by atoms with Gasteiger partial charge in [0.1, 0.15) is 5.82 Å². The molecule has 0 aliphatic carbocycles. The lowest BCUT2D eigenvalue weighted by molar-refractivity contribution is 0.625. The Labute approximate surface area is 142 Å². The van der Waals surface area contributed by atoms with Gasteiger partial charge in [-0.05, 0) is 18.4 Å². The number of aromatic nitrogens is 3. The van der Waals surface area contributed by atoms with Gasteiger partial charge >= 0.3 is 0 Å². The molecule has 0 aliphatic heterocycles. The van der Waals surface area contributed by atoms with Gasteiger partial charge in [0.2, 0.25) is 5.16 Å². The fourth-order valence-corrected chi connectivity index (χ4v) is 2.65. The summed E-state index contributed by atoms with van der Waals surface area (Å²) in [5.74, 6) is 0.153. The van der Waals surface area contributed by atoms with Gasteiger partial charge in [-0.1, -0.05) is 59.8 Å². The highest BCUT2D eigenvalue weighted by Crippen LogP contribution is 2.23. The molecule has 4 nitrogen and oxygen atoms in total. The average molecular weight is 347 g/mol. The maximum atomic E-state index is 13.9. The molecule has 0 saturated heterocycles.